The van der Waals surface area contributed by atoms with E-state index in [4.69, 9.17) is 4.98 Å². The van der Waals surface area contributed by atoms with Gasteiger partial charge in [-0.1, -0.05) is 42.8 Å². The number of carboxylic acids is 1. The van der Waals surface area contributed by atoms with Crippen molar-refractivity contribution in [1.29, 1.82) is 0 Å². The summed E-state index contributed by atoms with van der Waals surface area (Å²) in [5.41, 5.74) is 3.47. The van der Waals surface area contributed by atoms with Crippen LogP contribution >= 0.6 is 11.3 Å². The van der Waals surface area contributed by atoms with Crippen molar-refractivity contribution in [3.05, 3.63) is 81.3 Å². The van der Waals surface area contributed by atoms with Gasteiger partial charge < -0.3 is 11.8 Å². The molecule has 1 amide bonds. The van der Waals surface area contributed by atoms with Crippen LogP contribution in [0, 0.1) is 0 Å². The molecule has 1 heterocycles. The number of amides is 1. The maximum Gasteiger partial charge on any atom is 1.00 e. The van der Waals surface area contributed by atoms with E-state index in [1.807, 2.05) is 36.4 Å². The standard InChI is InChI=1S/C24H22N2O3S.Na.H/c27-22(14-18-6-1-2-10-20(18)24(28)29)25-19-9-3-5-16(13-19)11-12-23-26-21(15-30-23)17-7-4-8-17;;/h1-3,5-6,9-13,15,17H,4,7-8,14H2,(H,25,27)(H,28,29);;/q;+1;-1. The average molecular weight is 443 g/mol. The van der Waals surface area contributed by atoms with Crippen LogP contribution in [0.5, 0.6) is 0 Å². The van der Waals surface area contributed by atoms with Gasteiger partial charge >= 0.3 is 35.5 Å². The zero-order chi connectivity index (χ0) is 20.9. The van der Waals surface area contributed by atoms with Crippen LogP contribution in [0.2, 0.25) is 0 Å². The van der Waals surface area contributed by atoms with Gasteiger partial charge in [0.05, 0.1) is 17.7 Å². The molecule has 0 radical (unpaired) electrons. The first-order valence-electron chi connectivity index (χ1n) is 9.93. The van der Waals surface area contributed by atoms with Crippen molar-refractivity contribution in [2.45, 2.75) is 31.6 Å². The van der Waals surface area contributed by atoms with Crippen molar-refractivity contribution in [1.82, 2.24) is 4.98 Å². The predicted octanol–water partition coefficient (Wildman–Crippen LogP) is 2.58. The van der Waals surface area contributed by atoms with E-state index in [0.717, 1.165) is 10.6 Å². The molecule has 1 saturated carbocycles. The second-order valence-electron chi connectivity index (χ2n) is 7.38. The van der Waals surface area contributed by atoms with Crippen LogP contribution in [0.4, 0.5) is 5.69 Å². The van der Waals surface area contributed by atoms with Gasteiger partial charge in [0.15, 0.2) is 0 Å². The number of hydrogen-bond acceptors (Lipinski definition) is 4. The Balaban J connectivity index is 0.00000181. The smallest absolute Gasteiger partial charge is 1.00 e. The van der Waals surface area contributed by atoms with Crippen LogP contribution in [0.3, 0.4) is 0 Å². The van der Waals surface area contributed by atoms with Crippen molar-refractivity contribution in [2.75, 3.05) is 5.32 Å². The summed E-state index contributed by atoms with van der Waals surface area (Å²) in [6.07, 6.45) is 7.77. The van der Waals surface area contributed by atoms with Crippen LogP contribution in [0.25, 0.3) is 12.2 Å². The molecule has 2 N–H and O–H groups in total. The molecule has 2 aromatic carbocycles. The summed E-state index contributed by atoms with van der Waals surface area (Å²) >= 11 is 1.65. The Hall–Kier alpha value is -2.25. The molecule has 7 heteroatoms. The first-order chi connectivity index (χ1) is 14.6. The normalized spacial score (nSPS) is 13.4. The van der Waals surface area contributed by atoms with E-state index in [1.165, 1.54) is 31.0 Å². The molecule has 1 aromatic heterocycles. The van der Waals surface area contributed by atoms with Gasteiger partial charge in [-0.25, -0.2) is 9.78 Å². The number of anilines is 1. The first-order valence-corrected chi connectivity index (χ1v) is 10.8. The van der Waals surface area contributed by atoms with Gasteiger partial charge in [-0.05, 0) is 48.2 Å². The molecule has 3 aromatic rings. The predicted molar refractivity (Wildman–Crippen MR) is 121 cm³/mol. The van der Waals surface area contributed by atoms with Crippen molar-refractivity contribution in [3.8, 4) is 0 Å². The summed E-state index contributed by atoms with van der Waals surface area (Å²) in [5.74, 6) is -0.656. The molecule has 0 spiro atoms. The Labute approximate surface area is 209 Å². The molecule has 1 aliphatic rings. The van der Waals surface area contributed by atoms with Gasteiger partial charge in [0, 0.05) is 17.0 Å². The zero-order valence-corrected chi connectivity index (χ0v) is 20.2. The molecule has 0 atom stereocenters. The number of benzene rings is 2. The molecule has 31 heavy (non-hydrogen) atoms. The summed E-state index contributed by atoms with van der Waals surface area (Å²) in [5, 5.41) is 15.2. The van der Waals surface area contributed by atoms with Gasteiger partial charge in [0.2, 0.25) is 5.91 Å². The third-order valence-electron chi connectivity index (χ3n) is 5.25. The third-order valence-corrected chi connectivity index (χ3v) is 6.08. The molecule has 1 aliphatic carbocycles. The quantitative estimate of drug-likeness (QED) is 0.552. The molecule has 1 fully saturated rings. The molecule has 0 bridgehead atoms. The zero-order valence-electron chi connectivity index (χ0n) is 18.4. The number of carbonyl (C=O) groups is 2. The van der Waals surface area contributed by atoms with Gasteiger partial charge in [-0.15, -0.1) is 11.3 Å². The Morgan fingerprint density at radius 2 is 1.97 bits per heavy atom. The maximum atomic E-state index is 12.4. The van der Waals surface area contributed by atoms with Crippen molar-refractivity contribution >= 4 is 41.1 Å². The van der Waals surface area contributed by atoms with Gasteiger partial charge in [0.25, 0.3) is 0 Å². The Bertz CT molecular complexity index is 1110. The number of hydrogen-bond donors (Lipinski definition) is 2. The minimum absolute atomic E-state index is 0. The van der Waals surface area contributed by atoms with Crippen LogP contribution < -0.4 is 34.9 Å². The van der Waals surface area contributed by atoms with Crippen LogP contribution in [0.15, 0.2) is 53.9 Å². The monoisotopic (exact) mass is 442 g/mol. The van der Waals surface area contributed by atoms with E-state index in [1.54, 1.807) is 29.5 Å². The molecule has 0 aliphatic heterocycles. The summed E-state index contributed by atoms with van der Waals surface area (Å²) in [7, 11) is 0. The van der Waals surface area contributed by atoms with E-state index in [-0.39, 0.29) is 48.9 Å². The SMILES string of the molecule is O=C(Cc1ccccc1C(=O)O)Nc1cccc(C=Cc2nc(C3CCC3)cs2)c1.[H-].[Na+]. The number of rotatable bonds is 7. The fourth-order valence-corrected chi connectivity index (χ4v) is 4.21. The summed E-state index contributed by atoms with van der Waals surface area (Å²) in [4.78, 5) is 28.4. The molecule has 0 saturated heterocycles. The van der Waals surface area contributed by atoms with Crippen molar-refractivity contribution < 1.29 is 45.7 Å². The third kappa shape index (κ3) is 6.14. The van der Waals surface area contributed by atoms with Crippen LogP contribution in [0.1, 0.15) is 58.8 Å². The Kier molecular flexibility index (Phi) is 8.21. The second-order valence-corrected chi connectivity index (χ2v) is 8.27. The first kappa shape index (κ1) is 23.4. The minimum Gasteiger partial charge on any atom is -1.00 e. The molecular formula is C24H23N2NaO3S. The fourth-order valence-electron chi connectivity index (χ4n) is 3.42. The molecule has 4 rings (SSSR count). The second kappa shape index (κ2) is 10.9. The van der Waals surface area contributed by atoms with Crippen molar-refractivity contribution in [3.63, 3.8) is 0 Å². The maximum absolute atomic E-state index is 12.4. The topological polar surface area (TPSA) is 79.3 Å². The Morgan fingerprint density at radius 1 is 1.16 bits per heavy atom. The number of carboxylic acid groups (broad SMARTS) is 1. The summed E-state index contributed by atoms with van der Waals surface area (Å²) in [6, 6.07) is 14.1. The van der Waals surface area contributed by atoms with E-state index in [9.17, 15) is 14.7 Å². The summed E-state index contributed by atoms with van der Waals surface area (Å²) < 4.78 is 0. The van der Waals surface area contributed by atoms with Gasteiger partial charge in [-0.3, -0.25) is 4.79 Å². The van der Waals surface area contributed by atoms with E-state index in [2.05, 4.69) is 10.7 Å². The number of aromatic carboxylic acids is 1. The van der Waals surface area contributed by atoms with Crippen molar-refractivity contribution in [2.24, 2.45) is 0 Å². The molecule has 0 unspecified atom stereocenters. The molecule has 154 valence electrons. The largest absolute Gasteiger partial charge is 1.00 e. The number of nitrogens with zero attached hydrogens (tertiary/aromatic N) is 1. The number of aromatic nitrogens is 1. The Morgan fingerprint density at radius 3 is 2.71 bits per heavy atom. The van der Waals surface area contributed by atoms with Crippen LogP contribution in [-0.4, -0.2) is 22.0 Å². The molecular weight excluding hydrogens is 419 g/mol. The van der Waals surface area contributed by atoms with E-state index >= 15 is 0 Å². The van der Waals surface area contributed by atoms with Crippen LogP contribution in [-0.2, 0) is 11.2 Å². The number of thiazole rings is 1. The van der Waals surface area contributed by atoms with Gasteiger partial charge in [-0.2, -0.15) is 0 Å². The number of nitrogens with one attached hydrogen (secondary N) is 1. The van der Waals surface area contributed by atoms with E-state index in [0.29, 0.717) is 17.2 Å². The fraction of sp³-hybridized carbons (Fsp3) is 0.208. The number of carbonyl (C=O) groups excluding carboxylic acids is 1. The minimum atomic E-state index is -1.03. The summed E-state index contributed by atoms with van der Waals surface area (Å²) in [6.45, 7) is 0. The van der Waals surface area contributed by atoms with Gasteiger partial charge in [0.1, 0.15) is 5.01 Å². The van der Waals surface area contributed by atoms with E-state index < -0.39 is 5.97 Å². The average Bonchev–Trinajstić information content (AvgIpc) is 3.14. The molecule has 5 nitrogen and oxygen atoms in total.